The van der Waals surface area contributed by atoms with Crippen LogP contribution in [0.4, 0.5) is 4.39 Å². The van der Waals surface area contributed by atoms with Crippen molar-refractivity contribution < 1.29 is 18.7 Å². The third-order valence-corrected chi connectivity index (χ3v) is 3.17. The average Bonchev–Trinajstić information content (AvgIpc) is 2.45. The Kier molecular flexibility index (Phi) is 4.12. The van der Waals surface area contributed by atoms with Crippen LogP contribution in [0.1, 0.15) is 15.9 Å². The first-order valence-corrected chi connectivity index (χ1v) is 6.31. The topological polar surface area (TPSA) is 61.5 Å². The molecule has 0 aliphatic carbocycles. The van der Waals surface area contributed by atoms with Gasteiger partial charge in [0.15, 0.2) is 11.5 Å². The molecule has 0 aliphatic heterocycles. The molecule has 4 nitrogen and oxygen atoms in total. The highest BCUT2D eigenvalue weighted by molar-refractivity contribution is 6.01. The maximum Gasteiger partial charge on any atom is 0.252 e. The number of primary amides is 1. The van der Waals surface area contributed by atoms with E-state index in [1.807, 2.05) is 6.92 Å². The lowest BCUT2D eigenvalue weighted by Gasteiger charge is -2.16. The summed E-state index contributed by atoms with van der Waals surface area (Å²) in [6, 6.07) is 7.93. The summed E-state index contributed by atoms with van der Waals surface area (Å²) in [5, 5.41) is 0. The minimum absolute atomic E-state index is 0.163. The Hall–Kier alpha value is -2.56. The molecule has 0 fully saturated rings. The Bertz CT molecular complexity index is 698. The number of nitrogens with two attached hydrogens (primary N) is 1. The fourth-order valence-electron chi connectivity index (χ4n) is 2.30. The summed E-state index contributed by atoms with van der Waals surface area (Å²) in [7, 11) is 3.00. The van der Waals surface area contributed by atoms with E-state index in [4.69, 9.17) is 15.2 Å². The highest BCUT2D eigenvalue weighted by Gasteiger charge is 2.20. The summed E-state index contributed by atoms with van der Waals surface area (Å²) in [6.07, 6.45) is 0. The van der Waals surface area contributed by atoms with Gasteiger partial charge in [-0.3, -0.25) is 4.79 Å². The van der Waals surface area contributed by atoms with Crippen molar-refractivity contribution in [1.82, 2.24) is 0 Å². The van der Waals surface area contributed by atoms with Gasteiger partial charge in [-0.15, -0.1) is 0 Å². The average molecular weight is 289 g/mol. The predicted molar refractivity (Wildman–Crippen MR) is 78.2 cm³/mol. The molecule has 0 saturated carbocycles. The lowest BCUT2D eigenvalue weighted by atomic mass is 9.96. The SMILES string of the molecule is COc1cc(C)cc(-c2cccc(F)c2C(N)=O)c1OC. The van der Waals surface area contributed by atoms with E-state index in [-0.39, 0.29) is 5.56 Å². The van der Waals surface area contributed by atoms with Crippen LogP contribution in [0.2, 0.25) is 0 Å². The zero-order valence-corrected chi connectivity index (χ0v) is 12.1. The van der Waals surface area contributed by atoms with Crippen molar-refractivity contribution in [2.24, 2.45) is 5.73 Å². The number of benzene rings is 2. The Balaban J connectivity index is 2.82. The summed E-state index contributed by atoms with van der Waals surface area (Å²) in [6.45, 7) is 1.87. The van der Waals surface area contributed by atoms with Crippen LogP contribution >= 0.6 is 0 Å². The lowest BCUT2D eigenvalue weighted by molar-refractivity contribution is 0.0997. The van der Waals surface area contributed by atoms with Gasteiger partial charge in [0, 0.05) is 11.1 Å². The number of ether oxygens (including phenoxy) is 2. The zero-order valence-electron chi connectivity index (χ0n) is 12.1. The quantitative estimate of drug-likeness (QED) is 0.941. The van der Waals surface area contributed by atoms with Gasteiger partial charge in [0.25, 0.3) is 5.91 Å². The first kappa shape index (κ1) is 14.8. The molecule has 2 rings (SSSR count). The molecule has 0 radical (unpaired) electrons. The van der Waals surface area contributed by atoms with Crippen LogP contribution in [0, 0.1) is 12.7 Å². The second-order valence-electron chi connectivity index (χ2n) is 4.57. The van der Waals surface area contributed by atoms with Crippen molar-refractivity contribution in [2.75, 3.05) is 14.2 Å². The minimum atomic E-state index is -0.828. The van der Waals surface area contributed by atoms with Crippen LogP contribution in [-0.4, -0.2) is 20.1 Å². The highest BCUT2D eigenvalue weighted by Crippen LogP contribution is 2.40. The fourth-order valence-corrected chi connectivity index (χ4v) is 2.30. The first-order valence-electron chi connectivity index (χ1n) is 6.31. The van der Waals surface area contributed by atoms with Crippen molar-refractivity contribution >= 4 is 5.91 Å². The number of aryl methyl sites for hydroxylation is 1. The zero-order chi connectivity index (χ0) is 15.6. The van der Waals surface area contributed by atoms with Crippen molar-refractivity contribution in [3.05, 3.63) is 47.3 Å². The van der Waals surface area contributed by atoms with E-state index < -0.39 is 11.7 Å². The molecule has 0 bridgehead atoms. The monoisotopic (exact) mass is 289 g/mol. The molecule has 0 atom stereocenters. The highest BCUT2D eigenvalue weighted by atomic mass is 19.1. The van der Waals surface area contributed by atoms with Crippen LogP contribution in [0.5, 0.6) is 11.5 Å². The number of halogens is 1. The van der Waals surface area contributed by atoms with Crippen molar-refractivity contribution in [3.63, 3.8) is 0 Å². The van der Waals surface area contributed by atoms with Crippen LogP contribution in [0.25, 0.3) is 11.1 Å². The number of carbonyl (C=O) groups is 1. The van der Waals surface area contributed by atoms with Gasteiger partial charge in [0.05, 0.1) is 19.8 Å². The number of carbonyl (C=O) groups excluding carboxylic acids is 1. The summed E-state index contributed by atoms with van der Waals surface area (Å²) in [5.41, 5.74) is 6.96. The van der Waals surface area contributed by atoms with Crippen LogP contribution in [-0.2, 0) is 0 Å². The van der Waals surface area contributed by atoms with Crippen LogP contribution < -0.4 is 15.2 Å². The molecule has 0 saturated heterocycles. The molecule has 2 aromatic rings. The van der Waals surface area contributed by atoms with E-state index in [2.05, 4.69) is 0 Å². The number of methoxy groups -OCH3 is 2. The van der Waals surface area contributed by atoms with Gasteiger partial charge in [0.2, 0.25) is 0 Å². The van der Waals surface area contributed by atoms with Gasteiger partial charge in [-0.2, -0.15) is 0 Å². The number of rotatable bonds is 4. The number of amides is 1. The third kappa shape index (κ3) is 2.67. The molecular weight excluding hydrogens is 273 g/mol. The van der Waals surface area contributed by atoms with E-state index in [0.717, 1.165) is 5.56 Å². The van der Waals surface area contributed by atoms with Crippen LogP contribution in [0.3, 0.4) is 0 Å². The summed E-state index contributed by atoms with van der Waals surface area (Å²) in [5.74, 6) is -0.559. The number of hydrogen-bond acceptors (Lipinski definition) is 3. The minimum Gasteiger partial charge on any atom is -0.493 e. The predicted octanol–water partition coefficient (Wildman–Crippen LogP) is 2.92. The molecule has 0 unspecified atom stereocenters. The maximum absolute atomic E-state index is 13.9. The van der Waals surface area contributed by atoms with Crippen molar-refractivity contribution in [3.8, 4) is 22.6 Å². The second-order valence-corrected chi connectivity index (χ2v) is 4.57. The summed E-state index contributed by atoms with van der Waals surface area (Å²) < 4.78 is 24.6. The molecule has 1 amide bonds. The van der Waals surface area contributed by atoms with Gasteiger partial charge in [-0.05, 0) is 30.7 Å². The third-order valence-electron chi connectivity index (χ3n) is 3.17. The summed E-state index contributed by atoms with van der Waals surface area (Å²) in [4.78, 5) is 11.6. The standard InChI is InChI=1S/C16H16FNO3/c1-9-7-11(15(21-3)13(8-9)20-2)10-5-4-6-12(17)14(10)16(18)19/h4-8H,1-3H3,(H2,18,19). The van der Waals surface area contributed by atoms with E-state index in [9.17, 15) is 9.18 Å². The molecule has 0 aromatic heterocycles. The van der Waals surface area contributed by atoms with E-state index in [1.54, 1.807) is 18.2 Å². The van der Waals surface area contributed by atoms with Gasteiger partial charge in [-0.1, -0.05) is 12.1 Å². The molecule has 5 heteroatoms. The van der Waals surface area contributed by atoms with E-state index >= 15 is 0 Å². The van der Waals surface area contributed by atoms with Gasteiger partial charge in [0.1, 0.15) is 5.82 Å². The largest absolute Gasteiger partial charge is 0.493 e. The van der Waals surface area contributed by atoms with E-state index in [0.29, 0.717) is 22.6 Å². The van der Waals surface area contributed by atoms with Gasteiger partial charge in [-0.25, -0.2) is 4.39 Å². The van der Waals surface area contributed by atoms with Crippen molar-refractivity contribution in [2.45, 2.75) is 6.92 Å². The second kappa shape index (κ2) is 5.83. The summed E-state index contributed by atoms with van der Waals surface area (Å²) >= 11 is 0. The van der Waals surface area contributed by atoms with Gasteiger partial charge < -0.3 is 15.2 Å². The molecule has 0 aliphatic rings. The molecule has 2 aromatic carbocycles. The molecule has 0 spiro atoms. The Morgan fingerprint density at radius 1 is 1.14 bits per heavy atom. The smallest absolute Gasteiger partial charge is 0.252 e. The van der Waals surface area contributed by atoms with Crippen LogP contribution in [0.15, 0.2) is 30.3 Å². The van der Waals surface area contributed by atoms with Gasteiger partial charge >= 0.3 is 0 Å². The van der Waals surface area contributed by atoms with Crippen molar-refractivity contribution in [1.29, 1.82) is 0 Å². The molecular formula is C16H16FNO3. The Morgan fingerprint density at radius 2 is 1.86 bits per heavy atom. The molecule has 110 valence electrons. The lowest BCUT2D eigenvalue weighted by Crippen LogP contribution is -2.15. The van der Waals surface area contributed by atoms with E-state index in [1.165, 1.54) is 26.4 Å². The normalized spacial score (nSPS) is 10.3. The Morgan fingerprint density at radius 3 is 2.43 bits per heavy atom. The Labute approximate surface area is 122 Å². The molecule has 0 heterocycles. The fraction of sp³-hybridized carbons (Fsp3) is 0.188. The molecule has 2 N–H and O–H groups in total. The maximum atomic E-state index is 13.9. The molecule has 21 heavy (non-hydrogen) atoms. The first-order chi connectivity index (χ1) is 9.99. The number of hydrogen-bond donors (Lipinski definition) is 1.